The molecule has 0 bridgehead atoms. The molecule has 0 aromatic rings. The van der Waals surface area contributed by atoms with Gasteiger partial charge in [-0.25, -0.2) is 0 Å². The number of hydrogen-bond donors (Lipinski definition) is 0. The molecule has 0 radical (unpaired) electrons. The van der Waals surface area contributed by atoms with E-state index in [4.69, 9.17) is 0 Å². The van der Waals surface area contributed by atoms with E-state index in [1.165, 1.54) is 6.92 Å². The third-order valence-electron chi connectivity index (χ3n) is 2.26. The highest BCUT2D eigenvalue weighted by molar-refractivity contribution is 5.83. The number of carbonyl (C=O) groups is 2. The summed E-state index contributed by atoms with van der Waals surface area (Å²) in [5.74, 6) is 0.673. The van der Waals surface area contributed by atoms with E-state index in [2.05, 4.69) is 0 Å². The van der Waals surface area contributed by atoms with Crippen LogP contribution in [0.15, 0.2) is 0 Å². The molecule has 1 aliphatic rings. The molecular weight excluding hydrogens is 154 g/mol. The smallest absolute Gasteiger partial charge is 0.219 e. The van der Waals surface area contributed by atoms with Gasteiger partial charge >= 0.3 is 0 Å². The van der Waals surface area contributed by atoms with Crippen LogP contribution in [0.25, 0.3) is 0 Å². The minimum atomic E-state index is 0.0265. The van der Waals surface area contributed by atoms with Crippen LogP contribution < -0.4 is 0 Å². The summed E-state index contributed by atoms with van der Waals surface area (Å²) in [6, 6.07) is 0. The summed E-state index contributed by atoms with van der Waals surface area (Å²) >= 11 is 0. The molecule has 0 aliphatic heterocycles. The zero-order valence-electron chi connectivity index (χ0n) is 7.67. The van der Waals surface area contributed by atoms with Crippen LogP contribution in [0.3, 0.4) is 0 Å². The quantitative estimate of drug-likeness (QED) is 0.625. The molecule has 1 amide bonds. The van der Waals surface area contributed by atoms with Gasteiger partial charge in [0.05, 0.1) is 0 Å². The Kier molecular flexibility index (Phi) is 2.84. The van der Waals surface area contributed by atoms with E-state index in [0.29, 0.717) is 24.7 Å². The van der Waals surface area contributed by atoms with Crippen molar-refractivity contribution in [3.05, 3.63) is 0 Å². The Balaban J connectivity index is 2.15. The Labute approximate surface area is 72.7 Å². The predicted octanol–water partition coefficient (Wildman–Crippen LogP) is 0.834. The lowest BCUT2D eigenvalue weighted by Gasteiger charge is -2.13. The van der Waals surface area contributed by atoms with Gasteiger partial charge in [0, 0.05) is 32.9 Å². The number of carbonyl (C=O) groups excluding carboxylic acids is 2. The molecule has 0 N–H and O–H groups in total. The zero-order valence-corrected chi connectivity index (χ0v) is 7.67. The minimum absolute atomic E-state index is 0.0265. The second-order valence-corrected chi connectivity index (χ2v) is 3.43. The van der Waals surface area contributed by atoms with Crippen LogP contribution >= 0.6 is 0 Å². The average Bonchev–Trinajstić information content (AvgIpc) is 2.81. The van der Waals surface area contributed by atoms with Crippen molar-refractivity contribution in [3.63, 3.8) is 0 Å². The highest BCUT2D eigenvalue weighted by Crippen LogP contribution is 2.30. The topological polar surface area (TPSA) is 37.4 Å². The van der Waals surface area contributed by atoms with Crippen molar-refractivity contribution in [1.29, 1.82) is 0 Å². The van der Waals surface area contributed by atoms with E-state index in [1.807, 2.05) is 0 Å². The number of rotatable bonds is 4. The molecule has 0 aromatic heterocycles. The molecule has 1 fully saturated rings. The van der Waals surface area contributed by atoms with E-state index >= 15 is 0 Å². The van der Waals surface area contributed by atoms with Crippen LogP contribution in [-0.2, 0) is 9.59 Å². The molecule has 0 unspecified atom stereocenters. The number of nitrogens with zero attached hydrogens (tertiary/aromatic N) is 1. The van der Waals surface area contributed by atoms with Crippen molar-refractivity contribution in [3.8, 4) is 0 Å². The molecule has 3 nitrogen and oxygen atoms in total. The lowest BCUT2D eigenvalue weighted by atomic mass is 10.2. The Bertz CT molecular complexity index is 197. The van der Waals surface area contributed by atoms with Crippen molar-refractivity contribution < 1.29 is 9.59 Å². The highest BCUT2D eigenvalue weighted by Gasteiger charge is 2.28. The lowest BCUT2D eigenvalue weighted by molar-refractivity contribution is -0.128. The lowest BCUT2D eigenvalue weighted by Crippen LogP contribution is -2.26. The maximum atomic E-state index is 11.2. The number of amides is 1. The largest absolute Gasteiger partial charge is 0.346 e. The fraction of sp³-hybridized carbons (Fsp3) is 0.778. The van der Waals surface area contributed by atoms with Gasteiger partial charge in [-0.3, -0.25) is 9.59 Å². The third-order valence-corrected chi connectivity index (χ3v) is 2.26. The first-order valence-corrected chi connectivity index (χ1v) is 4.35. The molecule has 1 aliphatic carbocycles. The first kappa shape index (κ1) is 9.23. The summed E-state index contributed by atoms with van der Waals surface area (Å²) in [7, 11) is 1.72. The zero-order chi connectivity index (χ0) is 9.14. The first-order chi connectivity index (χ1) is 5.61. The molecule has 0 saturated heterocycles. The van der Waals surface area contributed by atoms with Crippen molar-refractivity contribution in [1.82, 2.24) is 4.90 Å². The Morgan fingerprint density at radius 3 is 2.42 bits per heavy atom. The summed E-state index contributed by atoms with van der Waals surface area (Å²) in [6.07, 6.45) is 2.64. The highest BCUT2D eigenvalue weighted by atomic mass is 16.2. The Morgan fingerprint density at radius 1 is 1.42 bits per heavy atom. The van der Waals surface area contributed by atoms with Crippen LogP contribution in [0.1, 0.15) is 26.2 Å². The predicted molar refractivity (Wildman–Crippen MR) is 45.7 cm³/mol. The van der Waals surface area contributed by atoms with Gasteiger partial charge in [-0.05, 0) is 12.8 Å². The number of ketones is 1. The molecule has 0 heterocycles. The van der Waals surface area contributed by atoms with Crippen LogP contribution in [-0.4, -0.2) is 30.2 Å². The van der Waals surface area contributed by atoms with E-state index in [0.717, 1.165) is 12.8 Å². The summed E-state index contributed by atoms with van der Waals surface area (Å²) in [5, 5.41) is 0. The van der Waals surface area contributed by atoms with Crippen LogP contribution in [0.4, 0.5) is 0 Å². The molecular formula is C9H15NO2. The van der Waals surface area contributed by atoms with Crippen LogP contribution in [0.5, 0.6) is 0 Å². The third kappa shape index (κ3) is 2.64. The normalized spacial score (nSPS) is 15.8. The van der Waals surface area contributed by atoms with Gasteiger partial charge in [-0.15, -0.1) is 0 Å². The fourth-order valence-corrected chi connectivity index (χ4v) is 1.04. The van der Waals surface area contributed by atoms with Crippen molar-refractivity contribution in [2.75, 3.05) is 13.6 Å². The average molecular weight is 169 g/mol. The van der Waals surface area contributed by atoms with Gasteiger partial charge in [-0.2, -0.15) is 0 Å². The van der Waals surface area contributed by atoms with E-state index in [9.17, 15) is 9.59 Å². The molecule has 0 atom stereocenters. The van der Waals surface area contributed by atoms with Gasteiger partial charge in [0.1, 0.15) is 5.78 Å². The maximum Gasteiger partial charge on any atom is 0.219 e. The fourth-order valence-electron chi connectivity index (χ4n) is 1.04. The van der Waals surface area contributed by atoms with E-state index < -0.39 is 0 Å². The van der Waals surface area contributed by atoms with Crippen molar-refractivity contribution in [2.45, 2.75) is 26.2 Å². The van der Waals surface area contributed by atoms with Gasteiger partial charge < -0.3 is 4.90 Å². The van der Waals surface area contributed by atoms with Crippen molar-refractivity contribution in [2.24, 2.45) is 5.92 Å². The molecule has 3 heteroatoms. The molecule has 12 heavy (non-hydrogen) atoms. The molecule has 0 aromatic carbocycles. The van der Waals surface area contributed by atoms with E-state index in [1.54, 1.807) is 11.9 Å². The summed E-state index contributed by atoms with van der Waals surface area (Å²) in [5.41, 5.74) is 0. The van der Waals surface area contributed by atoms with Gasteiger partial charge in [0.15, 0.2) is 0 Å². The number of Topliss-reactive ketones (excluding diaryl/α,β-unsaturated/α-hetero) is 1. The van der Waals surface area contributed by atoms with Crippen LogP contribution in [0, 0.1) is 5.92 Å². The molecule has 68 valence electrons. The number of hydrogen-bond acceptors (Lipinski definition) is 2. The van der Waals surface area contributed by atoms with Gasteiger partial charge in [0.25, 0.3) is 0 Å². The Hall–Kier alpha value is -0.860. The van der Waals surface area contributed by atoms with Gasteiger partial charge in [0.2, 0.25) is 5.91 Å². The molecule has 0 spiro atoms. The standard InChI is InChI=1S/C9H15NO2/c1-7(11)10(2)6-5-9(12)8-3-4-8/h8H,3-6H2,1-2H3. The molecule has 1 rings (SSSR count). The van der Waals surface area contributed by atoms with E-state index in [-0.39, 0.29) is 5.91 Å². The summed E-state index contributed by atoms with van der Waals surface area (Å²) in [4.78, 5) is 23.5. The monoisotopic (exact) mass is 169 g/mol. The summed E-state index contributed by atoms with van der Waals surface area (Å²) in [6.45, 7) is 2.09. The van der Waals surface area contributed by atoms with Crippen LogP contribution in [0.2, 0.25) is 0 Å². The first-order valence-electron chi connectivity index (χ1n) is 4.35. The van der Waals surface area contributed by atoms with Gasteiger partial charge in [-0.1, -0.05) is 0 Å². The van der Waals surface area contributed by atoms with Crippen molar-refractivity contribution >= 4 is 11.7 Å². The molecule has 1 saturated carbocycles. The summed E-state index contributed by atoms with van der Waals surface area (Å²) < 4.78 is 0. The Morgan fingerprint density at radius 2 is 2.00 bits per heavy atom. The second kappa shape index (κ2) is 3.70. The SMILES string of the molecule is CC(=O)N(C)CCC(=O)C1CC1. The maximum absolute atomic E-state index is 11.2. The minimum Gasteiger partial charge on any atom is -0.346 e. The second-order valence-electron chi connectivity index (χ2n) is 3.43.